The van der Waals surface area contributed by atoms with E-state index in [1.54, 1.807) is 18.3 Å². The van der Waals surface area contributed by atoms with Gasteiger partial charge in [-0.05, 0) is 43.7 Å². The van der Waals surface area contributed by atoms with Gasteiger partial charge in [0.2, 0.25) is 11.7 Å². The van der Waals surface area contributed by atoms with Crippen molar-refractivity contribution in [2.45, 2.75) is 38.1 Å². The number of rotatable bonds is 6. The summed E-state index contributed by atoms with van der Waals surface area (Å²) < 4.78 is 7.18. The van der Waals surface area contributed by atoms with Crippen molar-refractivity contribution in [3.8, 4) is 11.4 Å². The molecule has 3 aromatic rings. The van der Waals surface area contributed by atoms with Gasteiger partial charge in [0.05, 0.1) is 6.20 Å². The minimum atomic E-state index is -0.171. The highest BCUT2D eigenvalue weighted by molar-refractivity contribution is 6.04. The van der Waals surface area contributed by atoms with Crippen LogP contribution < -0.4 is 5.32 Å². The lowest BCUT2D eigenvalue weighted by atomic mass is 10.1. The number of carbonyl (C=O) groups excluding carboxylic acids is 1. The van der Waals surface area contributed by atoms with E-state index < -0.39 is 0 Å². The molecule has 1 aromatic carbocycles. The molecule has 0 radical (unpaired) electrons. The van der Waals surface area contributed by atoms with Crippen LogP contribution in [-0.2, 0) is 6.54 Å². The fraction of sp³-hybridized carbons (Fsp3) is 0.368. The molecular formula is C19H19N5O2. The second-order valence-corrected chi connectivity index (χ2v) is 7.11. The molecule has 2 heterocycles. The van der Waals surface area contributed by atoms with Crippen molar-refractivity contribution in [2.75, 3.05) is 5.32 Å². The quantitative estimate of drug-likeness (QED) is 0.736. The normalized spacial score (nSPS) is 16.6. The molecule has 0 saturated heterocycles. The second-order valence-electron chi connectivity index (χ2n) is 7.11. The summed E-state index contributed by atoms with van der Waals surface area (Å²) in [6.45, 7) is 0.857. The van der Waals surface area contributed by atoms with Gasteiger partial charge in [0.1, 0.15) is 5.82 Å². The molecule has 5 rings (SSSR count). The summed E-state index contributed by atoms with van der Waals surface area (Å²) in [5.41, 5.74) is 1.33. The fourth-order valence-corrected chi connectivity index (χ4v) is 2.97. The van der Waals surface area contributed by atoms with Gasteiger partial charge in [-0.1, -0.05) is 17.3 Å². The molecule has 2 aliphatic rings. The van der Waals surface area contributed by atoms with Crippen LogP contribution in [0.15, 0.2) is 41.1 Å². The maximum absolute atomic E-state index is 12.7. The largest absolute Gasteiger partial charge is 0.339 e. The minimum Gasteiger partial charge on any atom is -0.339 e. The molecule has 2 aliphatic carbocycles. The lowest BCUT2D eigenvalue weighted by Gasteiger charge is -2.09. The molecule has 1 amide bonds. The predicted molar refractivity (Wildman–Crippen MR) is 94.6 cm³/mol. The van der Waals surface area contributed by atoms with Crippen molar-refractivity contribution in [1.29, 1.82) is 0 Å². The number of hydrogen-bond donors (Lipinski definition) is 1. The van der Waals surface area contributed by atoms with Crippen LogP contribution >= 0.6 is 0 Å². The Kier molecular flexibility index (Phi) is 3.58. The molecule has 26 heavy (non-hydrogen) atoms. The molecule has 0 spiro atoms. The van der Waals surface area contributed by atoms with Gasteiger partial charge in [-0.25, -0.2) is 4.68 Å². The van der Waals surface area contributed by atoms with Crippen LogP contribution in [-0.4, -0.2) is 25.8 Å². The van der Waals surface area contributed by atoms with Gasteiger partial charge >= 0.3 is 0 Å². The first-order chi connectivity index (χ1) is 12.8. The molecule has 0 unspecified atom stereocenters. The number of carbonyl (C=O) groups is 1. The third kappa shape index (κ3) is 3.12. The highest BCUT2D eigenvalue weighted by Gasteiger charge is 2.30. The fourth-order valence-electron chi connectivity index (χ4n) is 2.97. The summed E-state index contributed by atoms with van der Waals surface area (Å²) in [7, 11) is 0. The zero-order valence-corrected chi connectivity index (χ0v) is 14.3. The number of aromatic nitrogens is 4. The molecule has 0 bridgehead atoms. The molecule has 2 saturated carbocycles. The van der Waals surface area contributed by atoms with E-state index in [0.29, 0.717) is 29.1 Å². The number of anilines is 1. The highest BCUT2D eigenvalue weighted by atomic mass is 16.5. The Balaban J connectivity index is 1.34. The highest BCUT2D eigenvalue weighted by Crippen LogP contribution is 2.39. The first-order valence-electron chi connectivity index (χ1n) is 9.03. The van der Waals surface area contributed by atoms with E-state index in [2.05, 4.69) is 20.6 Å². The van der Waals surface area contributed by atoms with Gasteiger partial charge in [0.25, 0.3) is 5.91 Å². The van der Waals surface area contributed by atoms with Crippen LogP contribution in [0.3, 0.4) is 0 Å². The minimum absolute atomic E-state index is 0.171. The Labute approximate surface area is 150 Å². The van der Waals surface area contributed by atoms with E-state index in [1.807, 2.05) is 22.9 Å². The lowest BCUT2D eigenvalue weighted by molar-refractivity contribution is 0.102. The number of benzene rings is 1. The van der Waals surface area contributed by atoms with Gasteiger partial charge < -0.3 is 9.84 Å². The van der Waals surface area contributed by atoms with E-state index in [9.17, 15) is 4.79 Å². The summed E-state index contributed by atoms with van der Waals surface area (Å²) in [6.07, 6.45) is 6.41. The summed E-state index contributed by atoms with van der Waals surface area (Å²) in [6, 6.07) is 9.11. The molecule has 132 valence electrons. The Morgan fingerprint density at radius 3 is 2.92 bits per heavy atom. The number of amides is 1. The Morgan fingerprint density at radius 2 is 2.12 bits per heavy atom. The van der Waals surface area contributed by atoms with Gasteiger partial charge in [-0.2, -0.15) is 10.1 Å². The third-order valence-corrected chi connectivity index (χ3v) is 4.84. The van der Waals surface area contributed by atoms with E-state index in [-0.39, 0.29) is 5.91 Å². The Morgan fingerprint density at radius 1 is 1.23 bits per heavy atom. The van der Waals surface area contributed by atoms with E-state index in [1.165, 1.54) is 12.8 Å². The van der Waals surface area contributed by atoms with Gasteiger partial charge in [0, 0.05) is 29.7 Å². The summed E-state index contributed by atoms with van der Waals surface area (Å²) in [4.78, 5) is 17.1. The molecule has 0 atom stereocenters. The monoisotopic (exact) mass is 349 g/mol. The predicted octanol–water partition coefficient (Wildman–Crippen LogP) is 3.47. The van der Waals surface area contributed by atoms with Crippen molar-refractivity contribution >= 4 is 11.7 Å². The maximum atomic E-state index is 12.7. The topological polar surface area (TPSA) is 85.8 Å². The van der Waals surface area contributed by atoms with Crippen molar-refractivity contribution in [3.63, 3.8) is 0 Å². The zero-order valence-electron chi connectivity index (χ0n) is 14.3. The second kappa shape index (κ2) is 6.09. The van der Waals surface area contributed by atoms with Crippen LogP contribution in [0.4, 0.5) is 5.82 Å². The SMILES string of the molecule is O=C(Nc1ccnn1CC1CC1)c1cccc(-c2noc(C3CC3)n2)c1. The average Bonchev–Trinajstić information content (AvgIpc) is 3.58. The van der Waals surface area contributed by atoms with Crippen LogP contribution in [0.25, 0.3) is 11.4 Å². The molecule has 2 fully saturated rings. The van der Waals surface area contributed by atoms with Crippen LogP contribution in [0.5, 0.6) is 0 Å². The molecule has 7 heteroatoms. The van der Waals surface area contributed by atoms with Crippen LogP contribution in [0.2, 0.25) is 0 Å². The first-order valence-corrected chi connectivity index (χ1v) is 9.03. The van der Waals surface area contributed by atoms with Gasteiger partial charge in [-0.3, -0.25) is 4.79 Å². The number of hydrogen-bond acceptors (Lipinski definition) is 5. The number of nitrogens with zero attached hydrogens (tertiary/aromatic N) is 4. The van der Waals surface area contributed by atoms with Crippen LogP contribution in [0.1, 0.15) is 47.8 Å². The standard InChI is InChI=1S/C19H19N5O2/c25-18(21-16-8-9-20-24(16)11-12-4-5-12)15-3-1-2-14(10-15)17-22-19(26-23-17)13-6-7-13/h1-3,8-10,12-13H,4-7,11H2,(H,21,25). The van der Waals surface area contributed by atoms with Crippen molar-refractivity contribution in [1.82, 2.24) is 19.9 Å². The third-order valence-electron chi connectivity index (χ3n) is 4.84. The van der Waals surface area contributed by atoms with E-state index in [0.717, 1.165) is 30.8 Å². The Bertz CT molecular complexity index is 952. The summed E-state index contributed by atoms with van der Waals surface area (Å²) in [5.74, 6) is 2.87. The maximum Gasteiger partial charge on any atom is 0.256 e. The molecule has 0 aliphatic heterocycles. The van der Waals surface area contributed by atoms with Crippen molar-refractivity contribution < 1.29 is 9.32 Å². The van der Waals surface area contributed by atoms with Crippen molar-refractivity contribution in [3.05, 3.63) is 48.0 Å². The van der Waals surface area contributed by atoms with Gasteiger partial charge in [-0.15, -0.1) is 0 Å². The molecule has 1 N–H and O–H groups in total. The van der Waals surface area contributed by atoms with Gasteiger partial charge in [0.15, 0.2) is 0 Å². The van der Waals surface area contributed by atoms with E-state index in [4.69, 9.17) is 4.52 Å². The summed E-state index contributed by atoms with van der Waals surface area (Å²) in [5, 5.41) is 11.3. The van der Waals surface area contributed by atoms with Crippen LogP contribution in [0, 0.1) is 5.92 Å². The summed E-state index contributed by atoms with van der Waals surface area (Å²) >= 11 is 0. The molecular weight excluding hydrogens is 330 g/mol. The average molecular weight is 349 g/mol. The number of nitrogens with one attached hydrogen (secondary N) is 1. The zero-order chi connectivity index (χ0) is 17.5. The molecule has 7 nitrogen and oxygen atoms in total. The molecule has 2 aromatic heterocycles. The Hall–Kier alpha value is -2.96. The first kappa shape index (κ1) is 15.3. The van der Waals surface area contributed by atoms with E-state index >= 15 is 0 Å². The lowest BCUT2D eigenvalue weighted by Crippen LogP contribution is -2.16. The smallest absolute Gasteiger partial charge is 0.256 e. The van der Waals surface area contributed by atoms with Crippen molar-refractivity contribution in [2.24, 2.45) is 5.92 Å².